The van der Waals surface area contributed by atoms with E-state index in [0.29, 0.717) is 32.9 Å². The Morgan fingerprint density at radius 2 is 1.82 bits per heavy atom. The molecular weight excluding hydrogens is 563 g/mol. The minimum atomic E-state index is -0.735. The van der Waals surface area contributed by atoms with Crippen molar-refractivity contribution >= 4 is 52.5 Å². The number of Topliss-reactive ketones (excluding diaryl/α,β-unsaturated/α-hetero) is 1. The van der Waals surface area contributed by atoms with Crippen molar-refractivity contribution in [2.45, 2.75) is 55.2 Å². The number of rotatable bonds is 14. The monoisotopic (exact) mass is 594 g/mol. The Kier molecular flexibility index (Phi) is 11.7. The summed E-state index contributed by atoms with van der Waals surface area (Å²) in [5, 5.41) is 16.0. The summed E-state index contributed by atoms with van der Waals surface area (Å²) < 4.78 is 10.4. The maximum absolute atomic E-state index is 12.8. The SMILES string of the molecule is CCC(NC(=O)OCCCCc1ccc(OC)cc1)C(=O)Cn1nnc(Sc2c(Cl)cc(N(C)C)cc2Cl)n1. The third kappa shape index (κ3) is 9.29. The van der Waals surface area contributed by atoms with Gasteiger partial charge in [-0.15, -0.1) is 10.2 Å². The van der Waals surface area contributed by atoms with E-state index in [2.05, 4.69) is 20.7 Å². The fourth-order valence-corrected chi connectivity index (χ4v) is 4.98. The quantitative estimate of drug-likeness (QED) is 0.248. The number of carbonyl (C=O) groups is 2. The number of methoxy groups -OCH3 is 1. The summed E-state index contributed by atoms with van der Waals surface area (Å²) >= 11 is 13.9. The van der Waals surface area contributed by atoms with E-state index in [1.165, 1.54) is 10.4 Å². The Labute approximate surface area is 242 Å². The number of benzene rings is 2. The molecule has 10 nitrogen and oxygen atoms in total. The number of aromatic nitrogens is 4. The lowest BCUT2D eigenvalue weighted by Gasteiger charge is -2.15. The van der Waals surface area contributed by atoms with Crippen molar-refractivity contribution < 1.29 is 19.1 Å². The molecule has 0 spiro atoms. The molecular formula is C26H32Cl2N6O4S. The van der Waals surface area contributed by atoms with Crippen LogP contribution in [0.4, 0.5) is 10.5 Å². The minimum Gasteiger partial charge on any atom is -0.497 e. The molecule has 39 heavy (non-hydrogen) atoms. The van der Waals surface area contributed by atoms with Crippen molar-refractivity contribution in [2.75, 3.05) is 32.7 Å². The normalized spacial score (nSPS) is 11.6. The van der Waals surface area contributed by atoms with Gasteiger partial charge in [0.2, 0.25) is 5.16 Å². The standard InChI is InChI=1S/C26H32Cl2N6O4S/c1-5-22(29-26(36)38-13-7-6-8-17-9-11-19(37-4)12-10-17)23(35)16-34-31-25(30-32-34)39-24-20(27)14-18(33(2)3)15-21(24)28/h9-12,14-15,22H,5-8,13,16H2,1-4H3,(H,29,36). The Morgan fingerprint density at radius 3 is 2.44 bits per heavy atom. The van der Waals surface area contributed by atoms with Gasteiger partial charge in [0, 0.05) is 19.8 Å². The van der Waals surface area contributed by atoms with Crippen LogP contribution < -0.4 is 15.0 Å². The van der Waals surface area contributed by atoms with E-state index in [-0.39, 0.29) is 18.9 Å². The van der Waals surface area contributed by atoms with Gasteiger partial charge in [0.15, 0.2) is 5.78 Å². The minimum absolute atomic E-state index is 0.158. The second-order valence-corrected chi connectivity index (χ2v) is 10.6. The van der Waals surface area contributed by atoms with Crippen LogP contribution in [0.5, 0.6) is 5.75 Å². The number of carbonyl (C=O) groups excluding carboxylic acids is 2. The molecule has 1 N–H and O–H groups in total. The average Bonchev–Trinajstić information content (AvgIpc) is 3.35. The molecule has 1 aromatic heterocycles. The van der Waals surface area contributed by atoms with Gasteiger partial charge in [0.25, 0.3) is 0 Å². The van der Waals surface area contributed by atoms with Crippen molar-refractivity contribution in [2.24, 2.45) is 0 Å². The second kappa shape index (κ2) is 14.9. The molecule has 0 fully saturated rings. The molecule has 2 aromatic carbocycles. The molecule has 0 bridgehead atoms. The van der Waals surface area contributed by atoms with Crippen molar-refractivity contribution in [3.8, 4) is 5.75 Å². The first-order valence-electron chi connectivity index (χ1n) is 12.4. The summed E-state index contributed by atoms with van der Waals surface area (Å²) in [6, 6.07) is 10.7. The van der Waals surface area contributed by atoms with Gasteiger partial charge >= 0.3 is 6.09 Å². The van der Waals surface area contributed by atoms with Crippen LogP contribution >= 0.6 is 35.0 Å². The first kappa shape index (κ1) is 30.5. The fourth-order valence-electron chi connectivity index (χ4n) is 3.56. The fraction of sp³-hybridized carbons (Fsp3) is 0.423. The van der Waals surface area contributed by atoms with E-state index < -0.39 is 12.1 Å². The predicted octanol–water partition coefficient (Wildman–Crippen LogP) is 5.30. The van der Waals surface area contributed by atoms with E-state index >= 15 is 0 Å². The van der Waals surface area contributed by atoms with E-state index in [1.807, 2.05) is 43.3 Å². The highest BCUT2D eigenvalue weighted by atomic mass is 35.5. The van der Waals surface area contributed by atoms with Crippen LogP contribution in [0.2, 0.25) is 10.0 Å². The average molecular weight is 596 g/mol. The molecule has 0 saturated heterocycles. The van der Waals surface area contributed by atoms with Crippen LogP contribution in [-0.2, 0) is 22.5 Å². The molecule has 0 aliphatic carbocycles. The molecule has 13 heteroatoms. The number of nitrogens with one attached hydrogen (secondary N) is 1. The molecule has 1 amide bonds. The number of amides is 1. The number of ether oxygens (including phenoxy) is 2. The number of unbranched alkanes of at least 4 members (excludes halogenated alkanes) is 1. The van der Waals surface area contributed by atoms with Crippen LogP contribution in [0.3, 0.4) is 0 Å². The Hall–Kier alpha value is -3.02. The molecule has 1 heterocycles. The Bertz CT molecular complexity index is 1230. The first-order valence-corrected chi connectivity index (χ1v) is 14.0. The largest absolute Gasteiger partial charge is 0.497 e. The van der Waals surface area contributed by atoms with Gasteiger partial charge in [-0.1, -0.05) is 42.3 Å². The summed E-state index contributed by atoms with van der Waals surface area (Å²) in [7, 11) is 5.42. The van der Waals surface area contributed by atoms with Crippen LogP contribution in [-0.4, -0.2) is 65.9 Å². The van der Waals surface area contributed by atoms with E-state index in [9.17, 15) is 9.59 Å². The lowest BCUT2D eigenvalue weighted by Crippen LogP contribution is -2.42. The summed E-state index contributed by atoms with van der Waals surface area (Å²) in [4.78, 5) is 28.7. The van der Waals surface area contributed by atoms with Crippen molar-refractivity contribution in [1.82, 2.24) is 25.5 Å². The molecule has 1 atom stereocenters. The highest BCUT2D eigenvalue weighted by molar-refractivity contribution is 7.99. The van der Waals surface area contributed by atoms with Gasteiger partial charge in [-0.05, 0) is 72.5 Å². The smallest absolute Gasteiger partial charge is 0.407 e. The van der Waals surface area contributed by atoms with E-state index in [4.69, 9.17) is 32.7 Å². The maximum atomic E-state index is 12.8. The number of hydrogen-bond donors (Lipinski definition) is 1. The highest BCUT2D eigenvalue weighted by Gasteiger charge is 2.22. The zero-order valence-corrected chi connectivity index (χ0v) is 24.6. The van der Waals surface area contributed by atoms with E-state index in [1.54, 1.807) is 26.2 Å². The Morgan fingerprint density at radius 1 is 1.13 bits per heavy atom. The van der Waals surface area contributed by atoms with Gasteiger partial charge in [-0.25, -0.2) is 4.79 Å². The number of aryl methyl sites for hydroxylation is 1. The number of tetrazole rings is 1. The van der Waals surface area contributed by atoms with Crippen LogP contribution in [0, 0.1) is 0 Å². The summed E-state index contributed by atoms with van der Waals surface area (Å²) in [5.74, 6) is 0.549. The van der Waals surface area contributed by atoms with Gasteiger partial charge in [-0.3, -0.25) is 4.79 Å². The molecule has 3 rings (SSSR count). The van der Waals surface area contributed by atoms with Crippen molar-refractivity contribution in [1.29, 1.82) is 0 Å². The lowest BCUT2D eigenvalue weighted by molar-refractivity contribution is -0.122. The second-order valence-electron chi connectivity index (χ2n) is 8.85. The number of hydrogen-bond acceptors (Lipinski definition) is 9. The van der Waals surface area contributed by atoms with E-state index in [0.717, 1.165) is 36.0 Å². The zero-order valence-electron chi connectivity index (χ0n) is 22.3. The predicted molar refractivity (Wildman–Crippen MR) is 152 cm³/mol. The van der Waals surface area contributed by atoms with Gasteiger partial charge in [0.1, 0.15) is 12.3 Å². The van der Waals surface area contributed by atoms with Crippen LogP contribution in [0.1, 0.15) is 31.7 Å². The zero-order chi connectivity index (χ0) is 28.4. The topological polar surface area (TPSA) is 111 Å². The molecule has 1 unspecified atom stereocenters. The van der Waals surface area contributed by atoms with Gasteiger partial charge in [-0.2, -0.15) is 4.80 Å². The van der Waals surface area contributed by atoms with Gasteiger partial charge in [0.05, 0.1) is 34.7 Å². The summed E-state index contributed by atoms with van der Waals surface area (Å²) in [6.45, 7) is 1.91. The summed E-state index contributed by atoms with van der Waals surface area (Å²) in [6.07, 6.45) is 2.21. The highest BCUT2D eigenvalue weighted by Crippen LogP contribution is 2.39. The number of alkyl carbamates (subject to hydrolysis) is 1. The molecule has 0 aliphatic rings. The third-order valence-corrected chi connectivity index (χ3v) is 7.58. The molecule has 0 aliphatic heterocycles. The molecule has 3 aromatic rings. The molecule has 0 saturated carbocycles. The van der Waals surface area contributed by atoms with Crippen molar-refractivity contribution in [3.05, 3.63) is 52.0 Å². The van der Waals surface area contributed by atoms with Gasteiger partial charge < -0.3 is 19.7 Å². The third-order valence-electron chi connectivity index (χ3n) is 5.77. The maximum Gasteiger partial charge on any atom is 0.407 e. The number of halogens is 2. The van der Waals surface area contributed by atoms with Crippen molar-refractivity contribution in [3.63, 3.8) is 0 Å². The number of anilines is 1. The number of nitrogens with zero attached hydrogens (tertiary/aromatic N) is 5. The summed E-state index contributed by atoms with van der Waals surface area (Å²) in [5.41, 5.74) is 2.05. The lowest BCUT2D eigenvalue weighted by atomic mass is 10.1. The van der Waals surface area contributed by atoms with Crippen LogP contribution in [0.15, 0.2) is 46.5 Å². The first-order chi connectivity index (χ1) is 18.7. The van der Waals surface area contributed by atoms with Crippen LogP contribution in [0.25, 0.3) is 0 Å². The Balaban J connectivity index is 1.43. The molecule has 0 radical (unpaired) electrons. The number of ketones is 1. The molecule has 210 valence electrons.